The van der Waals surface area contributed by atoms with Gasteiger partial charge in [0.05, 0.1) is 6.61 Å². The van der Waals surface area contributed by atoms with Gasteiger partial charge >= 0.3 is 0 Å². The molecule has 0 amide bonds. The molecule has 0 aliphatic carbocycles. The minimum atomic E-state index is -0.362. The Labute approximate surface area is 112 Å². The number of nitrogens with two attached hydrogens (primary N) is 1. The van der Waals surface area contributed by atoms with Crippen LogP contribution in [0.2, 0.25) is 0 Å². The van der Waals surface area contributed by atoms with E-state index in [2.05, 4.69) is 4.90 Å². The molecule has 1 aliphatic heterocycles. The van der Waals surface area contributed by atoms with Crippen molar-refractivity contribution in [3.05, 3.63) is 29.6 Å². The van der Waals surface area contributed by atoms with Crippen LogP contribution in [0, 0.1) is 17.1 Å². The van der Waals surface area contributed by atoms with Crippen molar-refractivity contribution in [3.63, 3.8) is 0 Å². The monoisotopic (exact) mass is 265 g/mol. The Morgan fingerprint density at radius 1 is 1.58 bits per heavy atom. The maximum atomic E-state index is 13.3. The fraction of sp³-hybridized carbons (Fsp3) is 0.500. The van der Waals surface area contributed by atoms with Crippen LogP contribution in [0.4, 0.5) is 10.1 Å². The number of nitrogens with one attached hydrogen (secondary N) is 1. The summed E-state index contributed by atoms with van der Waals surface area (Å²) in [6.45, 7) is 2.50. The van der Waals surface area contributed by atoms with Crippen LogP contribution in [-0.2, 0) is 4.74 Å². The summed E-state index contributed by atoms with van der Waals surface area (Å²) in [7, 11) is 1.71. The standard InChI is InChI=1S/C14H20FN3O/c1-19-9-10-3-2-6-18(8-10)13-5-4-11(15)7-12(13)14(16)17/h4-5,7,10H,2-3,6,8-9H2,1H3,(H3,16,17). The van der Waals surface area contributed by atoms with Crippen molar-refractivity contribution in [2.45, 2.75) is 12.8 Å². The van der Waals surface area contributed by atoms with Crippen LogP contribution in [-0.4, -0.2) is 32.6 Å². The second-order valence-electron chi connectivity index (χ2n) is 4.98. The van der Waals surface area contributed by atoms with Gasteiger partial charge in [-0.05, 0) is 37.0 Å². The summed E-state index contributed by atoms with van der Waals surface area (Å²) < 4.78 is 18.5. The lowest BCUT2D eigenvalue weighted by Gasteiger charge is -2.35. The van der Waals surface area contributed by atoms with Crippen molar-refractivity contribution in [1.29, 1.82) is 5.41 Å². The van der Waals surface area contributed by atoms with Crippen LogP contribution < -0.4 is 10.6 Å². The first-order valence-corrected chi connectivity index (χ1v) is 6.49. The third kappa shape index (κ3) is 3.23. The van der Waals surface area contributed by atoms with Crippen LogP contribution in [0.3, 0.4) is 0 Å². The SMILES string of the molecule is COCC1CCCN(c2ccc(F)cc2C(=N)N)C1. The highest BCUT2D eigenvalue weighted by Crippen LogP contribution is 2.27. The minimum Gasteiger partial charge on any atom is -0.384 e. The minimum absolute atomic E-state index is 0.0941. The lowest BCUT2D eigenvalue weighted by atomic mass is 9.97. The molecule has 0 aromatic heterocycles. The van der Waals surface area contributed by atoms with Crippen molar-refractivity contribution in [2.24, 2.45) is 11.7 Å². The fourth-order valence-corrected chi connectivity index (χ4v) is 2.66. The molecule has 1 atom stereocenters. The predicted octanol–water partition coefficient (Wildman–Crippen LogP) is 1.97. The van der Waals surface area contributed by atoms with Gasteiger partial charge in [-0.2, -0.15) is 0 Å². The number of piperidine rings is 1. The summed E-state index contributed by atoms with van der Waals surface area (Å²) in [5.41, 5.74) is 6.86. The normalized spacial score (nSPS) is 19.5. The van der Waals surface area contributed by atoms with Gasteiger partial charge < -0.3 is 15.4 Å². The van der Waals surface area contributed by atoms with Gasteiger partial charge in [-0.25, -0.2) is 4.39 Å². The molecule has 5 heteroatoms. The zero-order valence-corrected chi connectivity index (χ0v) is 11.2. The second-order valence-corrected chi connectivity index (χ2v) is 4.98. The fourth-order valence-electron chi connectivity index (χ4n) is 2.66. The van der Waals surface area contributed by atoms with Crippen LogP contribution in [0.1, 0.15) is 18.4 Å². The van der Waals surface area contributed by atoms with Gasteiger partial charge in [0.2, 0.25) is 0 Å². The molecule has 104 valence electrons. The van der Waals surface area contributed by atoms with E-state index in [1.54, 1.807) is 13.2 Å². The van der Waals surface area contributed by atoms with E-state index in [-0.39, 0.29) is 11.7 Å². The number of anilines is 1. The van der Waals surface area contributed by atoms with Crippen molar-refractivity contribution in [1.82, 2.24) is 0 Å². The lowest BCUT2D eigenvalue weighted by Crippen LogP contribution is -2.38. The largest absolute Gasteiger partial charge is 0.384 e. The van der Waals surface area contributed by atoms with Crippen LogP contribution in [0.25, 0.3) is 0 Å². The Kier molecular flexibility index (Phi) is 4.37. The second kappa shape index (κ2) is 6.02. The zero-order chi connectivity index (χ0) is 13.8. The van der Waals surface area contributed by atoms with E-state index in [0.717, 1.165) is 38.2 Å². The lowest BCUT2D eigenvalue weighted by molar-refractivity contribution is 0.143. The van der Waals surface area contributed by atoms with Gasteiger partial charge in [0, 0.05) is 31.5 Å². The molecule has 1 fully saturated rings. The van der Waals surface area contributed by atoms with Crippen molar-refractivity contribution < 1.29 is 9.13 Å². The Morgan fingerprint density at radius 2 is 2.37 bits per heavy atom. The smallest absolute Gasteiger partial charge is 0.125 e. The summed E-state index contributed by atoms with van der Waals surface area (Å²) in [4.78, 5) is 2.17. The van der Waals surface area contributed by atoms with Gasteiger partial charge in [-0.1, -0.05) is 0 Å². The molecule has 1 unspecified atom stereocenters. The molecule has 1 aromatic carbocycles. The molecule has 0 radical (unpaired) electrons. The molecule has 2 rings (SSSR count). The molecule has 0 saturated carbocycles. The molecule has 1 saturated heterocycles. The molecule has 1 aliphatic rings. The summed E-state index contributed by atoms with van der Waals surface area (Å²) in [5, 5.41) is 7.58. The first kappa shape index (κ1) is 13.8. The summed E-state index contributed by atoms with van der Waals surface area (Å²) in [6.07, 6.45) is 2.21. The number of nitrogen functional groups attached to an aromatic ring is 1. The number of rotatable bonds is 4. The highest BCUT2D eigenvalue weighted by atomic mass is 19.1. The number of amidine groups is 1. The van der Waals surface area contributed by atoms with E-state index in [4.69, 9.17) is 15.9 Å². The van der Waals surface area contributed by atoms with Crippen LogP contribution >= 0.6 is 0 Å². The Hall–Kier alpha value is -1.62. The molecule has 4 nitrogen and oxygen atoms in total. The molecule has 19 heavy (non-hydrogen) atoms. The topological polar surface area (TPSA) is 62.3 Å². The summed E-state index contributed by atoms with van der Waals surface area (Å²) in [5.74, 6) is 0.0198. The first-order chi connectivity index (χ1) is 9.11. The summed E-state index contributed by atoms with van der Waals surface area (Å²) >= 11 is 0. The third-order valence-electron chi connectivity index (χ3n) is 3.51. The number of halogens is 1. The molecule has 1 aromatic rings. The number of hydrogen-bond donors (Lipinski definition) is 2. The number of benzene rings is 1. The van der Waals surface area contributed by atoms with Gasteiger partial charge in [0.15, 0.2) is 0 Å². The van der Waals surface area contributed by atoms with E-state index in [0.29, 0.717) is 11.5 Å². The van der Waals surface area contributed by atoms with Gasteiger partial charge in [0.1, 0.15) is 11.7 Å². The molecule has 0 spiro atoms. The van der Waals surface area contributed by atoms with E-state index in [1.807, 2.05) is 0 Å². The number of ether oxygens (including phenoxy) is 1. The van der Waals surface area contributed by atoms with Crippen LogP contribution in [0.15, 0.2) is 18.2 Å². The molecule has 3 N–H and O–H groups in total. The average Bonchev–Trinajstić information content (AvgIpc) is 2.39. The Morgan fingerprint density at radius 3 is 3.05 bits per heavy atom. The van der Waals surface area contributed by atoms with Crippen molar-refractivity contribution >= 4 is 11.5 Å². The maximum absolute atomic E-state index is 13.3. The quantitative estimate of drug-likeness (QED) is 0.646. The van der Waals surface area contributed by atoms with Crippen LogP contribution in [0.5, 0.6) is 0 Å². The van der Waals surface area contributed by atoms with E-state index >= 15 is 0 Å². The molecular weight excluding hydrogens is 245 g/mol. The highest BCUT2D eigenvalue weighted by Gasteiger charge is 2.22. The number of methoxy groups -OCH3 is 1. The van der Waals surface area contributed by atoms with Gasteiger partial charge in [0.25, 0.3) is 0 Å². The molecular formula is C14H20FN3O. The number of hydrogen-bond acceptors (Lipinski definition) is 3. The van der Waals surface area contributed by atoms with Crippen molar-refractivity contribution in [3.8, 4) is 0 Å². The highest BCUT2D eigenvalue weighted by molar-refractivity contribution is 6.00. The number of nitrogens with zero attached hydrogens (tertiary/aromatic N) is 1. The molecule has 0 bridgehead atoms. The van der Waals surface area contributed by atoms with E-state index < -0.39 is 0 Å². The van der Waals surface area contributed by atoms with Gasteiger partial charge in [-0.3, -0.25) is 5.41 Å². The molecule has 1 heterocycles. The van der Waals surface area contributed by atoms with Gasteiger partial charge in [-0.15, -0.1) is 0 Å². The first-order valence-electron chi connectivity index (χ1n) is 6.49. The van der Waals surface area contributed by atoms with Crippen molar-refractivity contribution in [2.75, 3.05) is 31.7 Å². The Balaban J connectivity index is 2.23. The predicted molar refractivity (Wildman–Crippen MR) is 74.2 cm³/mol. The zero-order valence-electron chi connectivity index (χ0n) is 11.2. The third-order valence-corrected chi connectivity index (χ3v) is 3.51. The summed E-state index contributed by atoms with van der Waals surface area (Å²) in [6, 6.07) is 4.46. The van der Waals surface area contributed by atoms with E-state index in [9.17, 15) is 4.39 Å². The maximum Gasteiger partial charge on any atom is 0.125 e. The average molecular weight is 265 g/mol. The van der Waals surface area contributed by atoms with E-state index in [1.165, 1.54) is 12.1 Å². The Bertz CT molecular complexity index is 462.